The molecule has 0 saturated carbocycles. The van der Waals surface area contributed by atoms with Gasteiger partial charge in [-0.05, 0) is 33.1 Å². The number of carbonyl (C=O) groups excluding carboxylic acids is 4. The monoisotopic (exact) mass is 690 g/mol. The van der Waals surface area contributed by atoms with Crippen molar-refractivity contribution in [1.29, 1.82) is 0 Å². The minimum Gasteiger partial charge on any atom is -0.453 e. The lowest BCUT2D eigenvalue weighted by Crippen LogP contribution is -2.57. The molecule has 3 fully saturated rings. The van der Waals surface area contributed by atoms with E-state index in [1.54, 1.807) is 6.92 Å². The number of likely N-dealkylation sites (tertiary alicyclic amines) is 1. The van der Waals surface area contributed by atoms with E-state index in [4.69, 9.17) is 18.9 Å². The molecule has 0 aromatic carbocycles. The van der Waals surface area contributed by atoms with E-state index in [2.05, 4.69) is 14.9 Å². The molecule has 0 bridgehead atoms. The molecule has 0 unspecified atom stereocenters. The van der Waals surface area contributed by atoms with Crippen molar-refractivity contribution in [3.8, 4) is 0 Å². The molecule has 17 nitrogen and oxygen atoms in total. The SMILES string of the molecule is C[C@@H]1O[C@@H](OCCNC(=O)[C@H]2C[C@@H](C(=O)NCCO[C@@H]3O[C@@H](C)[C@@H](O)C[C@@H]3O)CN(C(=O)CCCCC(=O)[NH][AlH2])C2)[C@@H](O)[C@H](O)[C@@H]1O. The van der Waals surface area contributed by atoms with E-state index in [0.29, 0.717) is 35.8 Å². The molecule has 0 aromatic rings. The molecule has 0 radical (unpaired) electrons. The standard InChI is InChI=1S/C29H50N4O13.Al.2H/c1-15-19(34)12-20(35)28(45-15)43-9-7-31-26(41)17-11-18(14-33(13-17)22(37)6-4-3-5-21(30)36)27(42)32-8-10-44-29-25(40)24(39)23(38)16(2)46-29;;;/h15-20,23-25,28-29,34-35,38-40H,3-14H2,1-2H3,(H4,30,31,32,36,41,42);;;/q;+1;;/p-1/t15-,16-,17+,18-,19-,20-,23+,24+,25-,28+,29+;;;/m0.../s1. The number of nitrogens with zero attached hydrogens (tertiary/aromatic N) is 1. The van der Waals surface area contributed by atoms with Crippen LogP contribution in [0.4, 0.5) is 0 Å². The van der Waals surface area contributed by atoms with E-state index in [9.17, 15) is 44.7 Å². The zero-order chi connectivity index (χ0) is 34.7. The summed E-state index contributed by atoms with van der Waals surface area (Å²) < 4.78 is 24.6. The average molecular weight is 691 g/mol. The van der Waals surface area contributed by atoms with Crippen LogP contribution < -0.4 is 14.9 Å². The van der Waals surface area contributed by atoms with Gasteiger partial charge in [-0.1, -0.05) is 0 Å². The van der Waals surface area contributed by atoms with Gasteiger partial charge in [0.05, 0.1) is 43.4 Å². The molecule has 18 heteroatoms. The number of amides is 4. The van der Waals surface area contributed by atoms with Gasteiger partial charge in [-0.15, -0.1) is 0 Å². The molecule has 3 heterocycles. The molecule has 3 saturated heterocycles. The van der Waals surface area contributed by atoms with E-state index >= 15 is 0 Å². The van der Waals surface area contributed by atoms with Crippen molar-refractivity contribution >= 4 is 40.1 Å². The molecule has 268 valence electrons. The first-order valence-corrected chi connectivity index (χ1v) is 17.3. The summed E-state index contributed by atoms with van der Waals surface area (Å²) in [4.78, 5) is 52.5. The Morgan fingerprint density at radius 2 is 1.30 bits per heavy atom. The first-order valence-electron chi connectivity index (χ1n) is 16.3. The van der Waals surface area contributed by atoms with E-state index in [1.165, 1.54) is 11.8 Å². The number of ether oxygens (including phenoxy) is 4. The molecule has 3 aliphatic rings. The normalized spacial score (nSPS) is 34.4. The average Bonchev–Trinajstić information content (AvgIpc) is 3.05. The fourth-order valence-electron chi connectivity index (χ4n) is 5.76. The Morgan fingerprint density at radius 1 is 0.745 bits per heavy atom. The van der Waals surface area contributed by atoms with Gasteiger partial charge in [0.2, 0.25) is 17.7 Å². The summed E-state index contributed by atoms with van der Waals surface area (Å²) in [6.07, 6.45) is -7.65. The number of piperidine rings is 1. The van der Waals surface area contributed by atoms with Crippen molar-refractivity contribution in [1.82, 2.24) is 19.8 Å². The van der Waals surface area contributed by atoms with Crippen LogP contribution in [0.25, 0.3) is 0 Å². The molecule has 0 aromatic heterocycles. The lowest BCUT2D eigenvalue weighted by molar-refractivity contribution is -0.292. The van der Waals surface area contributed by atoms with Gasteiger partial charge in [0, 0.05) is 45.4 Å². The number of unbranched alkanes of at least 4 members (excludes halogenated alkanes) is 1. The summed E-state index contributed by atoms with van der Waals surface area (Å²) >= 11 is 0.553. The topological polar surface area (TPSA) is 246 Å². The third-order valence-corrected chi connectivity index (χ3v) is 9.29. The molecule has 8 N–H and O–H groups in total. The van der Waals surface area contributed by atoms with Gasteiger partial charge < -0.3 is 64.3 Å². The molecular weight excluding hydrogens is 639 g/mol. The van der Waals surface area contributed by atoms with Gasteiger partial charge in [-0.2, -0.15) is 0 Å². The van der Waals surface area contributed by atoms with Crippen LogP contribution in [0.1, 0.15) is 52.4 Å². The Morgan fingerprint density at radius 3 is 1.89 bits per heavy atom. The number of aliphatic hydroxyl groups excluding tert-OH is 5. The summed E-state index contributed by atoms with van der Waals surface area (Å²) in [6.45, 7) is 3.47. The van der Waals surface area contributed by atoms with Crippen molar-refractivity contribution < 1.29 is 63.7 Å². The highest BCUT2D eigenvalue weighted by atomic mass is 27.1. The van der Waals surface area contributed by atoms with E-state index in [1.807, 2.05) is 0 Å². The van der Waals surface area contributed by atoms with Crippen molar-refractivity contribution in [2.75, 3.05) is 39.4 Å². The molecule has 0 spiro atoms. The Balaban J connectivity index is 1.51. The van der Waals surface area contributed by atoms with Crippen LogP contribution >= 0.6 is 0 Å². The van der Waals surface area contributed by atoms with Crippen LogP contribution in [0, 0.1) is 11.8 Å². The fourth-order valence-corrected chi connectivity index (χ4v) is 6.01. The van der Waals surface area contributed by atoms with Gasteiger partial charge in [0.15, 0.2) is 18.5 Å². The van der Waals surface area contributed by atoms with Crippen LogP contribution in [0.3, 0.4) is 0 Å². The number of aliphatic hydroxyl groups is 5. The maximum atomic E-state index is 13.2. The van der Waals surface area contributed by atoms with Crippen LogP contribution in [0.15, 0.2) is 0 Å². The molecule has 47 heavy (non-hydrogen) atoms. The van der Waals surface area contributed by atoms with Gasteiger partial charge in [0.1, 0.15) is 24.4 Å². The first kappa shape index (κ1) is 39.5. The molecule has 3 aliphatic heterocycles. The largest absolute Gasteiger partial charge is 0.453 e. The van der Waals surface area contributed by atoms with Crippen LogP contribution in [0.2, 0.25) is 0 Å². The van der Waals surface area contributed by atoms with Crippen molar-refractivity contribution in [2.45, 2.75) is 108 Å². The number of nitrogens with one attached hydrogen (secondary N) is 3. The zero-order valence-electron chi connectivity index (χ0n) is 27.3. The van der Waals surface area contributed by atoms with Crippen LogP contribution in [-0.4, -0.2) is 165 Å². The lowest BCUT2D eigenvalue weighted by Gasteiger charge is -2.39. The summed E-state index contributed by atoms with van der Waals surface area (Å²) in [5.41, 5.74) is 0. The van der Waals surface area contributed by atoms with Crippen molar-refractivity contribution in [2.24, 2.45) is 11.8 Å². The highest BCUT2D eigenvalue weighted by Crippen LogP contribution is 2.25. The number of hydrogen-bond acceptors (Lipinski definition) is 13. The van der Waals surface area contributed by atoms with Crippen molar-refractivity contribution in [3.05, 3.63) is 0 Å². The molecular formula is C29H51AlN4O13. The maximum absolute atomic E-state index is 13.2. The predicted octanol–water partition coefficient (Wildman–Crippen LogP) is -4.37. The minimum absolute atomic E-state index is 0.0180. The molecule has 11 atom stereocenters. The summed E-state index contributed by atoms with van der Waals surface area (Å²) in [5.74, 6) is -2.46. The lowest BCUT2D eigenvalue weighted by atomic mass is 9.87. The highest BCUT2D eigenvalue weighted by molar-refractivity contribution is 6.14. The molecule has 0 aliphatic carbocycles. The molecule has 4 amide bonds. The zero-order valence-corrected chi connectivity index (χ0v) is 29.3. The number of rotatable bonds is 15. The minimum atomic E-state index is -1.48. The maximum Gasteiger partial charge on any atom is 0.364 e. The van der Waals surface area contributed by atoms with Gasteiger partial charge in [-0.25, -0.2) is 0 Å². The number of carbonyl (C=O) groups is 4. The summed E-state index contributed by atoms with van der Waals surface area (Å²) in [5, 5.41) is 55.3. The van der Waals surface area contributed by atoms with E-state index < -0.39 is 73.1 Å². The Bertz CT molecular complexity index is 1040. The van der Waals surface area contributed by atoms with Crippen LogP contribution in [-0.2, 0) is 38.1 Å². The first-order chi connectivity index (χ1) is 22.3. The Hall–Kier alpha value is -1.95. The Labute approximate surface area is 282 Å². The van der Waals surface area contributed by atoms with Crippen LogP contribution in [0.5, 0.6) is 0 Å². The second-order valence-electron chi connectivity index (χ2n) is 12.4. The predicted molar refractivity (Wildman–Crippen MR) is 165 cm³/mol. The van der Waals surface area contributed by atoms with E-state index in [0.717, 1.165) is 0 Å². The Kier molecular flexibility index (Phi) is 16.2. The summed E-state index contributed by atoms with van der Waals surface area (Å²) in [7, 11) is 0. The number of hydrogen-bond donors (Lipinski definition) is 8. The molecule has 3 rings (SSSR count). The smallest absolute Gasteiger partial charge is 0.364 e. The quantitative estimate of drug-likeness (QED) is 0.0599. The highest BCUT2D eigenvalue weighted by Gasteiger charge is 2.42. The van der Waals surface area contributed by atoms with Crippen molar-refractivity contribution in [3.63, 3.8) is 0 Å². The van der Waals surface area contributed by atoms with Gasteiger partial charge in [-0.3, -0.25) is 19.2 Å². The van der Waals surface area contributed by atoms with E-state index in [-0.39, 0.29) is 76.4 Å². The fraction of sp³-hybridized carbons (Fsp3) is 0.862. The van der Waals surface area contributed by atoms with Gasteiger partial charge in [0.25, 0.3) is 0 Å². The summed E-state index contributed by atoms with van der Waals surface area (Å²) in [6, 6.07) is 0. The third kappa shape index (κ3) is 11.9. The second-order valence-corrected chi connectivity index (χ2v) is 12.9. The second kappa shape index (κ2) is 19.3. The van der Waals surface area contributed by atoms with Gasteiger partial charge >= 0.3 is 16.5 Å². The third-order valence-electron chi connectivity index (χ3n) is 8.73.